The van der Waals surface area contributed by atoms with E-state index in [1.165, 1.54) is 0 Å². The lowest BCUT2D eigenvalue weighted by atomic mass is 10.3. The average Bonchev–Trinajstić information content (AvgIpc) is 2.28. The zero-order valence-corrected chi connectivity index (χ0v) is 9.26. The van der Waals surface area contributed by atoms with E-state index in [2.05, 4.69) is 0 Å². The summed E-state index contributed by atoms with van der Waals surface area (Å²) >= 11 is 0. The van der Waals surface area contributed by atoms with Crippen molar-refractivity contribution in [1.82, 2.24) is 0 Å². The zero-order valence-electron chi connectivity index (χ0n) is 9.26. The smallest absolute Gasteiger partial charge is 0.344 e. The summed E-state index contributed by atoms with van der Waals surface area (Å²) in [6, 6.07) is 9.06. The van der Waals surface area contributed by atoms with Crippen LogP contribution in [-0.2, 0) is 9.53 Å². The summed E-state index contributed by atoms with van der Waals surface area (Å²) in [6.45, 7) is 1.63. The Morgan fingerprint density at radius 1 is 1.38 bits per heavy atom. The fourth-order valence-electron chi connectivity index (χ4n) is 1.16. The molecule has 0 amide bonds. The van der Waals surface area contributed by atoms with Crippen LogP contribution in [0.1, 0.15) is 13.3 Å². The van der Waals surface area contributed by atoms with Gasteiger partial charge in [-0.2, -0.15) is 0 Å². The first kappa shape index (κ1) is 12.5. The lowest BCUT2D eigenvalue weighted by Crippen LogP contribution is -2.21. The van der Waals surface area contributed by atoms with E-state index < -0.39 is 5.97 Å². The van der Waals surface area contributed by atoms with Gasteiger partial charge in [-0.15, -0.1) is 0 Å². The van der Waals surface area contributed by atoms with Gasteiger partial charge in [0.2, 0.25) is 0 Å². The van der Waals surface area contributed by atoms with Crippen molar-refractivity contribution in [3.8, 4) is 5.75 Å². The molecule has 4 heteroatoms. The van der Waals surface area contributed by atoms with Crippen LogP contribution >= 0.6 is 0 Å². The van der Waals surface area contributed by atoms with Gasteiger partial charge in [-0.25, -0.2) is 4.79 Å². The highest BCUT2D eigenvalue weighted by atomic mass is 16.6. The molecule has 0 saturated heterocycles. The van der Waals surface area contributed by atoms with Crippen LogP contribution < -0.4 is 4.74 Å². The van der Waals surface area contributed by atoms with Crippen LogP contribution in [0.4, 0.5) is 0 Å². The van der Waals surface area contributed by atoms with Crippen molar-refractivity contribution in [1.29, 1.82) is 0 Å². The van der Waals surface area contributed by atoms with Crippen LogP contribution in [0.3, 0.4) is 0 Å². The van der Waals surface area contributed by atoms with E-state index in [9.17, 15) is 4.79 Å². The molecule has 16 heavy (non-hydrogen) atoms. The number of benzene rings is 1. The predicted octanol–water partition coefficient (Wildman–Crippen LogP) is 1.38. The largest absolute Gasteiger partial charge is 0.482 e. The molecule has 1 atom stereocenters. The van der Waals surface area contributed by atoms with Crippen LogP contribution in [-0.4, -0.2) is 30.4 Å². The summed E-state index contributed by atoms with van der Waals surface area (Å²) in [6.07, 6.45) is 0.161. The van der Waals surface area contributed by atoms with Gasteiger partial charge in [-0.3, -0.25) is 0 Å². The van der Waals surface area contributed by atoms with Gasteiger partial charge in [0, 0.05) is 13.0 Å². The first-order valence-corrected chi connectivity index (χ1v) is 5.20. The second kappa shape index (κ2) is 6.85. The number of aliphatic hydroxyl groups excluding tert-OH is 1. The summed E-state index contributed by atoms with van der Waals surface area (Å²) in [7, 11) is 0. The maximum atomic E-state index is 11.3. The number of esters is 1. The van der Waals surface area contributed by atoms with Crippen molar-refractivity contribution in [3.63, 3.8) is 0 Å². The Morgan fingerprint density at radius 3 is 2.69 bits per heavy atom. The zero-order chi connectivity index (χ0) is 11.8. The Kier molecular flexibility index (Phi) is 5.36. The molecule has 0 bridgehead atoms. The second-order valence-corrected chi connectivity index (χ2v) is 3.41. The van der Waals surface area contributed by atoms with Gasteiger partial charge in [-0.05, 0) is 19.1 Å². The van der Waals surface area contributed by atoms with Gasteiger partial charge in [0.1, 0.15) is 11.9 Å². The molecular formula is C12H16O4. The van der Waals surface area contributed by atoms with Crippen LogP contribution in [0.2, 0.25) is 0 Å². The Labute approximate surface area is 94.8 Å². The van der Waals surface area contributed by atoms with Gasteiger partial charge in [0.05, 0.1) is 0 Å². The van der Waals surface area contributed by atoms with Crippen LogP contribution in [0.15, 0.2) is 30.3 Å². The summed E-state index contributed by atoms with van der Waals surface area (Å²) < 4.78 is 10.2. The lowest BCUT2D eigenvalue weighted by molar-refractivity contribution is -0.151. The third-order valence-electron chi connectivity index (χ3n) is 1.97. The third kappa shape index (κ3) is 4.79. The maximum absolute atomic E-state index is 11.3. The molecule has 0 spiro atoms. The predicted molar refractivity (Wildman–Crippen MR) is 59.2 cm³/mol. The molecule has 4 nitrogen and oxygen atoms in total. The van der Waals surface area contributed by atoms with E-state index in [4.69, 9.17) is 14.6 Å². The Balaban J connectivity index is 2.25. The molecule has 1 aromatic rings. The Bertz CT molecular complexity index is 310. The lowest BCUT2D eigenvalue weighted by Gasteiger charge is -2.12. The van der Waals surface area contributed by atoms with Crippen molar-refractivity contribution in [2.45, 2.75) is 19.4 Å². The minimum absolute atomic E-state index is 0.00793. The van der Waals surface area contributed by atoms with Gasteiger partial charge >= 0.3 is 5.97 Å². The molecule has 0 heterocycles. The van der Waals surface area contributed by atoms with Crippen LogP contribution in [0, 0.1) is 0 Å². The quantitative estimate of drug-likeness (QED) is 0.742. The van der Waals surface area contributed by atoms with E-state index in [-0.39, 0.29) is 19.3 Å². The Morgan fingerprint density at radius 2 is 2.06 bits per heavy atom. The molecule has 88 valence electrons. The molecule has 0 saturated carbocycles. The number of hydrogen-bond donors (Lipinski definition) is 1. The molecule has 1 unspecified atom stereocenters. The Hall–Kier alpha value is -1.55. The van der Waals surface area contributed by atoms with E-state index in [1.807, 2.05) is 18.2 Å². The fraction of sp³-hybridized carbons (Fsp3) is 0.417. The molecular weight excluding hydrogens is 208 g/mol. The molecule has 0 aliphatic heterocycles. The topological polar surface area (TPSA) is 55.8 Å². The maximum Gasteiger partial charge on any atom is 0.344 e. The van der Waals surface area contributed by atoms with Crippen LogP contribution in [0.5, 0.6) is 5.75 Å². The molecule has 1 N–H and O–H groups in total. The summed E-state index contributed by atoms with van der Waals surface area (Å²) in [4.78, 5) is 11.3. The SMILES string of the molecule is CC(CCO)OC(=O)COc1ccccc1. The molecule has 1 rings (SSSR count). The van der Waals surface area contributed by atoms with Crippen molar-refractivity contribution in [2.75, 3.05) is 13.2 Å². The van der Waals surface area contributed by atoms with Gasteiger partial charge in [0.25, 0.3) is 0 Å². The van der Waals surface area contributed by atoms with E-state index in [1.54, 1.807) is 19.1 Å². The molecule has 1 aromatic carbocycles. The minimum atomic E-state index is -0.426. The van der Waals surface area contributed by atoms with Crippen molar-refractivity contribution >= 4 is 5.97 Å². The third-order valence-corrected chi connectivity index (χ3v) is 1.97. The summed E-state index contributed by atoms with van der Waals surface area (Å²) in [5, 5.41) is 8.63. The monoisotopic (exact) mass is 224 g/mol. The van der Waals surface area contributed by atoms with E-state index in [0.717, 1.165) is 0 Å². The van der Waals surface area contributed by atoms with E-state index in [0.29, 0.717) is 12.2 Å². The number of rotatable bonds is 6. The number of ether oxygens (including phenoxy) is 2. The normalized spacial score (nSPS) is 11.9. The fourth-order valence-corrected chi connectivity index (χ4v) is 1.16. The average molecular weight is 224 g/mol. The summed E-state index contributed by atoms with van der Waals surface area (Å²) in [5.41, 5.74) is 0. The standard InChI is InChI=1S/C12H16O4/c1-10(7-8-13)16-12(14)9-15-11-5-3-2-4-6-11/h2-6,10,13H,7-9H2,1H3. The number of hydrogen-bond acceptors (Lipinski definition) is 4. The molecule has 0 aliphatic rings. The number of carbonyl (C=O) groups excluding carboxylic acids is 1. The summed E-state index contributed by atoms with van der Waals surface area (Å²) in [5.74, 6) is 0.207. The minimum Gasteiger partial charge on any atom is -0.482 e. The van der Waals surface area contributed by atoms with Crippen molar-refractivity contribution < 1.29 is 19.4 Å². The van der Waals surface area contributed by atoms with Gasteiger partial charge in [0.15, 0.2) is 6.61 Å². The van der Waals surface area contributed by atoms with Gasteiger partial charge < -0.3 is 14.6 Å². The molecule has 0 aromatic heterocycles. The number of para-hydroxylation sites is 1. The highest BCUT2D eigenvalue weighted by Crippen LogP contribution is 2.08. The van der Waals surface area contributed by atoms with Crippen molar-refractivity contribution in [3.05, 3.63) is 30.3 Å². The first-order chi connectivity index (χ1) is 7.72. The highest BCUT2D eigenvalue weighted by molar-refractivity contribution is 5.71. The highest BCUT2D eigenvalue weighted by Gasteiger charge is 2.09. The van der Waals surface area contributed by atoms with Crippen LogP contribution in [0.25, 0.3) is 0 Å². The number of aliphatic hydroxyl groups is 1. The molecule has 0 aliphatic carbocycles. The van der Waals surface area contributed by atoms with E-state index >= 15 is 0 Å². The van der Waals surface area contributed by atoms with Gasteiger partial charge in [-0.1, -0.05) is 18.2 Å². The first-order valence-electron chi connectivity index (χ1n) is 5.20. The van der Waals surface area contributed by atoms with Crippen molar-refractivity contribution in [2.24, 2.45) is 0 Å². The molecule has 0 radical (unpaired) electrons. The second-order valence-electron chi connectivity index (χ2n) is 3.41. The molecule has 0 fully saturated rings. The number of carbonyl (C=O) groups is 1.